The van der Waals surface area contributed by atoms with Crippen LogP contribution in [0.3, 0.4) is 0 Å². The number of nitrogens with one attached hydrogen (secondary N) is 1. The summed E-state index contributed by atoms with van der Waals surface area (Å²) < 4.78 is 6.77. The molecule has 0 amide bonds. The number of nitrogens with zero attached hydrogens (tertiary/aromatic N) is 4. The van der Waals surface area contributed by atoms with Gasteiger partial charge in [0.2, 0.25) is 0 Å². The molecule has 3 heterocycles. The average molecular weight is 351 g/mol. The van der Waals surface area contributed by atoms with Crippen LogP contribution in [-0.4, -0.2) is 39.9 Å². The molecule has 1 fully saturated rings. The van der Waals surface area contributed by atoms with Crippen molar-refractivity contribution in [2.45, 2.75) is 18.8 Å². The third kappa shape index (κ3) is 3.20. The number of benzene rings is 1. The summed E-state index contributed by atoms with van der Waals surface area (Å²) in [5.74, 6) is 2.40. The van der Waals surface area contributed by atoms with E-state index in [1.807, 2.05) is 18.2 Å². The first-order chi connectivity index (χ1) is 12.7. The van der Waals surface area contributed by atoms with E-state index in [9.17, 15) is 4.79 Å². The Balaban J connectivity index is 1.43. The number of pyridine rings is 1. The number of aromatic nitrogens is 4. The molecule has 134 valence electrons. The van der Waals surface area contributed by atoms with Gasteiger partial charge in [-0.25, -0.2) is 19.4 Å². The van der Waals surface area contributed by atoms with E-state index in [2.05, 4.69) is 38.3 Å². The number of aromatic amines is 1. The van der Waals surface area contributed by atoms with Crippen molar-refractivity contribution < 1.29 is 4.74 Å². The lowest BCUT2D eigenvalue weighted by Gasteiger charge is -2.33. The molecule has 1 aliphatic heterocycles. The molecule has 0 spiro atoms. The van der Waals surface area contributed by atoms with Crippen molar-refractivity contribution in [3.05, 3.63) is 65.0 Å². The molecule has 2 aromatic heterocycles. The summed E-state index contributed by atoms with van der Waals surface area (Å²) in [7, 11) is 1.70. The number of hydrogen-bond acceptors (Lipinski definition) is 5. The van der Waals surface area contributed by atoms with Gasteiger partial charge in [0, 0.05) is 13.1 Å². The minimum Gasteiger partial charge on any atom is -0.497 e. The second-order valence-electron chi connectivity index (χ2n) is 6.44. The zero-order valence-corrected chi connectivity index (χ0v) is 14.6. The van der Waals surface area contributed by atoms with Crippen molar-refractivity contribution in [1.82, 2.24) is 19.7 Å². The van der Waals surface area contributed by atoms with Crippen LogP contribution in [0.4, 0.5) is 5.82 Å². The Labute approximate surface area is 151 Å². The lowest BCUT2D eigenvalue weighted by Crippen LogP contribution is -2.33. The molecule has 0 aliphatic carbocycles. The third-order valence-electron chi connectivity index (χ3n) is 4.95. The van der Waals surface area contributed by atoms with Gasteiger partial charge in [0.05, 0.1) is 19.0 Å². The summed E-state index contributed by atoms with van der Waals surface area (Å²) in [4.78, 5) is 18.4. The molecule has 7 heteroatoms. The molecule has 1 N–H and O–H groups in total. The van der Waals surface area contributed by atoms with E-state index in [0.29, 0.717) is 11.6 Å². The van der Waals surface area contributed by atoms with Gasteiger partial charge in [-0.1, -0.05) is 12.1 Å². The average Bonchev–Trinajstić information content (AvgIpc) is 3.14. The summed E-state index contributed by atoms with van der Waals surface area (Å²) in [5, 5.41) is 6.12. The van der Waals surface area contributed by atoms with Crippen LogP contribution in [0.2, 0.25) is 0 Å². The molecule has 0 radical (unpaired) electrons. The number of anilines is 1. The molecule has 0 saturated carbocycles. The second kappa shape index (κ2) is 7.03. The zero-order valence-electron chi connectivity index (χ0n) is 14.6. The molecule has 4 rings (SSSR count). The highest BCUT2D eigenvalue weighted by Gasteiger charge is 2.21. The van der Waals surface area contributed by atoms with Crippen LogP contribution in [0.5, 0.6) is 5.75 Å². The van der Waals surface area contributed by atoms with Gasteiger partial charge < -0.3 is 9.64 Å². The molecular weight excluding hydrogens is 330 g/mol. The van der Waals surface area contributed by atoms with Gasteiger partial charge in [-0.2, -0.15) is 5.10 Å². The number of hydrogen-bond donors (Lipinski definition) is 1. The predicted molar refractivity (Wildman–Crippen MR) is 99.2 cm³/mol. The van der Waals surface area contributed by atoms with Crippen molar-refractivity contribution in [2.75, 3.05) is 25.1 Å². The van der Waals surface area contributed by atoms with Crippen molar-refractivity contribution >= 4 is 5.82 Å². The number of piperidine rings is 1. The quantitative estimate of drug-likeness (QED) is 0.781. The zero-order chi connectivity index (χ0) is 17.9. The second-order valence-corrected chi connectivity index (χ2v) is 6.44. The monoisotopic (exact) mass is 351 g/mol. The maximum atomic E-state index is 11.6. The highest BCUT2D eigenvalue weighted by Crippen LogP contribution is 2.31. The largest absolute Gasteiger partial charge is 0.497 e. The van der Waals surface area contributed by atoms with Crippen LogP contribution in [0.1, 0.15) is 24.3 Å². The van der Waals surface area contributed by atoms with E-state index in [4.69, 9.17) is 4.74 Å². The predicted octanol–water partition coefficient (Wildman–Crippen LogP) is 2.35. The van der Waals surface area contributed by atoms with Crippen LogP contribution < -0.4 is 15.3 Å². The van der Waals surface area contributed by atoms with E-state index in [1.165, 1.54) is 16.5 Å². The smallest absolute Gasteiger partial charge is 0.347 e. The van der Waals surface area contributed by atoms with E-state index < -0.39 is 0 Å². The van der Waals surface area contributed by atoms with Crippen LogP contribution in [0, 0.1) is 0 Å². The highest BCUT2D eigenvalue weighted by atomic mass is 16.5. The minimum atomic E-state index is -0.265. The number of H-pyrrole nitrogens is 1. The van der Waals surface area contributed by atoms with Crippen LogP contribution in [0.15, 0.2) is 53.7 Å². The summed E-state index contributed by atoms with van der Waals surface area (Å²) in [5.41, 5.74) is 1.78. The summed E-state index contributed by atoms with van der Waals surface area (Å²) in [6.45, 7) is 1.92. The number of methoxy groups -OCH3 is 1. The van der Waals surface area contributed by atoms with Crippen molar-refractivity contribution in [3.8, 4) is 11.4 Å². The molecule has 0 bridgehead atoms. The third-order valence-corrected chi connectivity index (χ3v) is 4.95. The normalized spacial score (nSPS) is 15.2. The van der Waals surface area contributed by atoms with Gasteiger partial charge in [0.25, 0.3) is 0 Å². The van der Waals surface area contributed by atoms with Crippen molar-refractivity contribution in [3.63, 3.8) is 0 Å². The lowest BCUT2D eigenvalue weighted by atomic mass is 9.89. The maximum absolute atomic E-state index is 11.6. The summed E-state index contributed by atoms with van der Waals surface area (Å²) >= 11 is 0. The van der Waals surface area contributed by atoms with Gasteiger partial charge in [-0.15, -0.1) is 0 Å². The summed E-state index contributed by atoms with van der Waals surface area (Å²) in [6, 6.07) is 12.2. The van der Waals surface area contributed by atoms with E-state index >= 15 is 0 Å². The van der Waals surface area contributed by atoms with Crippen molar-refractivity contribution in [2.24, 2.45) is 0 Å². The fourth-order valence-electron chi connectivity index (χ4n) is 3.48. The SMILES string of the molecule is COc1cccc(C2CCN(c3ccc(-n4cn[nH]c4=O)cn3)CC2)c1. The minimum absolute atomic E-state index is 0.265. The lowest BCUT2D eigenvalue weighted by molar-refractivity contribution is 0.412. The van der Waals surface area contributed by atoms with Crippen LogP contribution >= 0.6 is 0 Å². The first-order valence-corrected chi connectivity index (χ1v) is 8.72. The molecule has 1 aliphatic rings. The Kier molecular flexibility index (Phi) is 4.43. The Morgan fingerprint density at radius 3 is 2.69 bits per heavy atom. The molecule has 1 aromatic carbocycles. The molecule has 26 heavy (non-hydrogen) atoms. The Hall–Kier alpha value is -3.09. The highest BCUT2D eigenvalue weighted by molar-refractivity contribution is 5.44. The first-order valence-electron chi connectivity index (χ1n) is 8.72. The number of ether oxygens (including phenoxy) is 1. The molecule has 1 saturated heterocycles. The van der Waals surface area contributed by atoms with E-state index in [1.54, 1.807) is 13.3 Å². The van der Waals surface area contributed by atoms with E-state index in [-0.39, 0.29) is 5.69 Å². The molecule has 0 atom stereocenters. The van der Waals surface area contributed by atoms with Gasteiger partial charge >= 0.3 is 5.69 Å². The van der Waals surface area contributed by atoms with Gasteiger partial charge in [-0.05, 0) is 48.6 Å². The fourth-order valence-corrected chi connectivity index (χ4v) is 3.48. The van der Waals surface area contributed by atoms with Crippen LogP contribution in [-0.2, 0) is 0 Å². The Bertz CT molecular complexity index is 923. The molecule has 3 aromatic rings. The van der Waals surface area contributed by atoms with Gasteiger partial charge in [0.1, 0.15) is 17.9 Å². The maximum Gasteiger partial charge on any atom is 0.347 e. The number of rotatable bonds is 4. The molecule has 0 unspecified atom stereocenters. The van der Waals surface area contributed by atoms with E-state index in [0.717, 1.165) is 37.5 Å². The Morgan fingerprint density at radius 1 is 1.19 bits per heavy atom. The van der Waals surface area contributed by atoms with Crippen LogP contribution in [0.25, 0.3) is 5.69 Å². The molecular formula is C19H21N5O2. The fraction of sp³-hybridized carbons (Fsp3) is 0.316. The summed E-state index contributed by atoms with van der Waals surface area (Å²) in [6.07, 6.45) is 5.33. The van der Waals surface area contributed by atoms with Gasteiger partial charge in [0.15, 0.2) is 0 Å². The topological polar surface area (TPSA) is 76.0 Å². The molecule has 7 nitrogen and oxygen atoms in total. The standard InChI is InChI=1S/C19H21N5O2/c1-26-17-4-2-3-15(11-17)14-7-9-23(10-8-14)18-6-5-16(12-20-18)24-13-21-22-19(24)25/h2-6,11-14H,7-10H2,1H3,(H,22,25). The van der Waals surface area contributed by atoms with Gasteiger partial charge in [-0.3, -0.25) is 0 Å². The first kappa shape index (κ1) is 16.4. The Morgan fingerprint density at radius 2 is 2.04 bits per heavy atom. The van der Waals surface area contributed by atoms with Crippen molar-refractivity contribution in [1.29, 1.82) is 0 Å².